The third-order valence-corrected chi connectivity index (χ3v) is 2.69. The van der Waals surface area contributed by atoms with Gasteiger partial charge in [-0.2, -0.15) is 0 Å². The molecule has 2 amide bonds. The minimum Gasteiger partial charge on any atom is -0.348 e. The molecule has 3 N–H and O–H groups in total. The predicted octanol–water partition coefficient (Wildman–Crippen LogP) is -1.27. The molecule has 0 aromatic carbocycles. The molecular weight excluding hydrogens is 240 g/mol. The lowest BCUT2D eigenvalue weighted by atomic mass is 10.4. The third kappa shape index (κ3) is 5.41. The van der Waals surface area contributed by atoms with E-state index in [4.69, 9.17) is 0 Å². The van der Waals surface area contributed by atoms with Gasteiger partial charge in [0.2, 0.25) is 0 Å². The van der Waals surface area contributed by atoms with Crippen molar-refractivity contribution in [2.24, 2.45) is 0 Å². The molecule has 0 atom stereocenters. The van der Waals surface area contributed by atoms with Gasteiger partial charge in [0, 0.05) is 24.5 Å². The number of aromatic nitrogens is 1. The fourth-order valence-corrected chi connectivity index (χ4v) is 1.69. The van der Waals surface area contributed by atoms with Crippen LogP contribution in [0.15, 0.2) is 11.6 Å². The van der Waals surface area contributed by atoms with Gasteiger partial charge in [-0.15, -0.1) is 11.3 Å². The maximum Gasteiger partial charge on any atom is 0.315 e. The molecular formula is C10H17N4O2S+. The van der Waals surface area contributed by atoms with Crippen LogP contribution in [0.1, 0.15) is 6.42 Å². The smallest absolute Gasteiger partial charge is 0.315 e. The summed E-state index contributed by atoms with van der Waals surface area (Å²) in [6.45, 7) is 1.46. The summed E-state index contributed by atoms with van der Waals surface area (Å²) in [5, 5.41) is 7.15. The van der Waals surface area contributed by atoms with Crippen LogP contribution in [0.3, 0.4) is 0 Å². The van der Waals surface area contributed by atoms with Crippen LogP contribution in [0.5, 0.6) is 0 Å². The topological polar surface area (TPSA) is 75.5 Å². The summed E-state index contributed by atoms with van der Waals surface area (Å²) < 4.78 is 0. The maximum absolute atomic E-state index is 11.4. The van der Waals surface area contributed by atoms with Gasteiger partial charge in [0.1, 0.15) is 0 Å². The molecule has 1 aromatic heterocycles. The van der Waals surface area contributed by atoms with E-state index in [-0.39, 0.29) is 0 Å². The highest BCUT2D eigenvalue weighted by atomic mass is 32.1. The molecule has 0 bridgehead atoms. The molecule has 0 saturated heterocycles. The number of hydrogen-bond donors (Lipinski definition) is 3. The van der Waals surface area contributed by atoms with Crippen LogP contribution >= 0.6 is 11.3 Å². The maximum atomic E-state index is 11.4. The largest absolute Gasteiger partial charge is 0.348 e. The number of amides is 2. The van der Waals surface area contributed by atoms with Crippen molar-refractivity contribution in [2.75, 3.05) is 32.5 Å². The molecule has 0 aliphatic heterocycles. The van der Waals surface area contributed by atoms with Crippen LogP contribution in [0.4, 0.5) is 5.13 Å². The summed E-state index contributed by atoms with van der Waals surface area (Å²) in [6, 6.07) is 0. The highest BCUT2D eigenvalue weighted by Gasteiger charge is 2.13. The highest BCUT2D eigenvalue weighted by molar-refractivity contribution is 7.13. The lowest BCUT2D eigenvalue weighted by molar-refractivity contribution is -0.858. The third-order valence-electron chi connectivity index (χ3n) is 2.00. The van der Waals surface area contributed by atoms with Gasteiger partial charge in [-0.25, -0.2) is 4.98 Å². The normalized spacial score (nSPS) is 10.3. The van der Waals surface area contributed by atoms with E-state index in [1.165, 1.54) is 16.2 Å². The Kier molecular flexibility index (Phi) is 5.58. The Labute approximate surface area is 104 Å². The molecule has 0 aliphatic rings. The number of thiazole rings is 1. The lowest BCUT2D eigenvalue weighted by Crippen LogP contribution is -3.05. The Morgan fingerprint density at radius 3 is 2.76 bits per heavy atom. The van der Waals surface area contributed by atoms with Crippen LogP contribution in [-0.4, -0.2) is 44.0 Å². The van der Waals surface area contributed by atoms with E-state index in [0.29, 0.717) is 11.7 Å². The Morgan fingerprint density at radius 1 is 1.41 bits per heavy atom. The first-order chi connectivity index (χ1) is 8.09. The molecule has 0 aliphatic carbocycles. The van der Waals surface area contributed by atoms with Crippen LogP contribution in [0, 0.1) is 0 Å². The zero-order valence-corrected chi connectivity index (χ0v) is 10.8. The number of anilines is 1. The van der Waals surface area contributed by atoms with E-state index in [9.17, 15) is 9.59 Å². The lowest BCUT2D eigenvalue weighted by Gasteiger charge is -2.07. The predicted molar refractivity (Wildman–Crippen MR) is 66.0 cm³/mol. The summed E-state index contributed by atoms with van der Waals surface area (Å²) in [5.41, 5.74) is 0. The summed E-state index contributed by atoms with van der Waals surface area (Å²) >= 11 is 1.27. The first-order valence-corrected chi connectivity index (χ1v) is 6.25. The van der Waals surface area contributed by atoms with Gasteiger partial charge in [0.25, 0.3) is 0 Å². The van der Waals surface area contributed by atoms with Crippen LogP contribution in [0.2, 0.25) is 0 Å². The molecule has 6 nitrogen and oxygen atoms in total. The molecule has 94 valence electrons. The average Bonchev–Trinajstić information content (AvgIpc) is 2.76. The molecule has 1 heterocycles. The molecule has 0 unspecified atom stereocenters. The van der Waals surface area contributed by atoms with E-state index in [2.05, 4.69) is 15.6 Å². The minimum absolute atomic E-state index is 0.433. The summed E-state index contributed by atoms with van der Waals surface area (Å²) in [5.74, 6) is -1.29. The number of quaternary nitrogens is 1. The first kappa shape index (κ1) is 13.6. The molecule has 1 aromatic rings. The molecule has 0 spiro atoms. The van der Waals surface area contributed by atoms with E-state index >= 15 is 0 Å². The molecule has 0 fully saturated rings. The van der Waals surface area contributed by atoms with Crippen molar-refractivity contribution in [1.29, 1.82) is 0 Å². The fraction of sp³-hybridized carbons (Fsp3) is 0.500. The van der Waals surface area contributed by atoms with Gasteiger partial charge in [0.05, 0.1) is 20.6 Å². The van der Waals surface area contributed by atoms with Crippen molar-refractivity contribution >= 4 is 28.3 Å². The van der Waals surface area contributed by atoms with Gasteiger partial charge in [0.15, 0.2) is 5.13 Å². The average molecular weight is 257 g/mol. The Balaban J connectivity index is 2.21. The van der Waals surface area contributed by atoms with Crippen molar-refractivity contribution in [3.05, 3.63) is 11.6 Å². The van der Waals surface area contributed by atoms with Gasteiger partial charge in [-0.05, 0) is 0 Å². The number of carbonyl (C=O) groups is 2. The molecule has 0 radical (unpaired) electrons. The van der Waals surface area contributed by atoms with E-state index in [1.807, 2.05) is 14.1 Å². The standard InChI is InChI=1S/C10H16N4O2S/c1-14(2)6-3-4-11-8(15)9(16)13-10-12-5-7-17-10/h5,7H,3-4,6H2,1-2H3,(H,11,15)(H,12,13,16)/p+1. The second-order valence-electron chi connectivity index (χ2n) is 3.86. The van der Waals surface area contributed by atoms with Crippen LogP contribution in [0.25, 0.3) is 0 Å². The number of rotatable bonds is 5. The Morgan fingerprint density at radius 2 is 2.18 bits per heavy atom. The van der Waals surface area contributed by atoms with Crippen molar-refractivity contribution in [3.8, 4) is 0 Å². The van der Waals surface area contributed by atoms with E-state index in [0.717, 1.165) is 13.0 Å². The summed E-state index contributed by atoms with van der Waals surface area (Å²) in [6.07, 6.45) is 2.41. The number of nitrogens with zero attached hydrogens (tertiary/aromatic N) is 1. The number of hydrogen-bond acceptors (Lipinski definition) is 4. The van der Waals surface area contributed by atoms with Crippen LogP contribution < -0.4 is 15.5 Å². The SMILES string of the molecule is C[NH+](C)CCCNC(=O)C(=O)Nc1nccs1. The summed E-state index contributed by atoms with van der Waals surface area (Å²) in [7, 11) is 4.08. The molecule has 1 rings (SSSR count). The van der Waals surface area contributed by atoms with Crippen LogP contribution in [-0.2, 0) is 9.59 Å². The summed E-state index contributed by atoms with van der Waals surface area (Å²) in [4.78, 5) is 27.9. The molecule has 0 saturated carbocycles. The van der Waals surface area contributed by atoms with Gasteiger partial charge >= 0.3 is 11.8 Å². The monoisotopic (exact) mass is 257 g/mol. The van der Waals surface area contributed by atoms with E-state index < -0.39 is 11.8 Å². The zero-order chi connectivity index (χ0) is 12.7. The molecule has 7 heteroatoms. The second kappa shape index (κ2) is 6.97. The Hall–Kier alpha value is -1.47. The van der Waals surface area contributed by atoms with Crippen molar-refractivity contribution < 1.29 is 14.5 Å². The number of nitrogens with one attached hydrogen (secondary N) is 3. The second-order valence-corrected chi connectivity index (χ2v) is 4.75. The fourth-order valence-electron chi connectivity index (χ4n) is 1.16. The van der Waals surface area contributed by atoms with E-state index in [1.54, 1.807) is 11.6 Å². The van der Waals surface area contributed by atoms with Gasteiger partial charge in [-0.1, -0.05) is 0 Å². The zero-order valence-electron chi connectivity index (χ0n) is 9.95. The van der Waals surface area contributed by atoms with Gasteiger partial charge in [-0.3, -0.25) is 14.9 Å². The minimum atomic E-state index is -0.669. The van der Waals surface area contributed by atoms with Crippen molar-refractivity contribution in [1.82, 2.24) is 10.3 Å². The quantitative estimate of drug-likeness (QED) is 0.455. The Bertz CT molecular complexity index is 364. The molecule has 17 heavy (non-hydrogen) atoms. The first-order valence-electron chi connectivity index (χ1n) is 5.37. The number of carbonyl (C=O) groups excluding carboxylic acids is 2. The van der Waals surface area contributed by atoms with Crippen molar-refractivity contribution in [2.45, 2.75) is 6.42 Å². The van der Waals surface area contributed by atoms with Crippen molar-refractivity contribution in [3.63, 3.8) is 0 Å². The highest BCUT2D eigenvalue weighted by Crippen LogP contribution is 2.09. The van der Waals surface area contributed by atoms with Gasteiger partial charge < -0.3 is 10.2 Å².